The molecule has 0 unspecified atom stereocenters. The maximum absolute atomic E-state index is 13.8. The molecule has 428 valence electrons. The van der Waals surface area contributed by atoms with Crippen molar-refractivity contribution in [2.24, 2.45) is 0 Å². The summed E-state index contributed by atoms with van der Waals surface area (Å²) in [7, 11) is -8.25. The van der Waals surface area contributed by atoms with Gasteiger partial charge in [-0.2, -0.15) is 9.97 Å². The van der Waals surface area contributed by atoms with Gasteiger partial charge in [0.2, 0.25) is 11.9 Å². The molecule has 2 atom stereocenters. The molecule has 0 amide bonds. The minimum atomic E-state index is -3.38. The van der Waals surface area contributed by atoms with E-state index in [4.69, 9.17) is 44.7 Å². The molecule has 18 nitrogen and oxygen atoms in total. The van der Waals surface area contributed by atoms with Gasteiger partial charge in [0.05, 0.1) is 57.7 Å². The van der Waals surface area contributed by atoms with Crippen molar-refractivity contribution in [2.45, 2.75) is 71.9 Å². The van der Waals surface area contributed by atoms with E-state index in [1.807, 2.05) is 117 Å². The number of sulfone groups is 2. The van der Waals surface area contributed by atoms with Gasteiger partial charge in [-0.15, -0.1) is 0 Å². The zero-order chi connectivity index (χ0) is 59.6. The Morgan fingerprint density at radius 2 is 1.02 bits per heavy atom. The van der Waals surface area contributed by atoms with E-state index in [0.717, 1.165) is 16.8 Å². The van der Waals surface area contributed by atoms with Gasteiger partial charge in [-0.05, 0) is 150 Å². The number of benzene rings is 6. The van der Waals surface area contributed by atoms with Crippen molar-refractivity contribution < 1.29 is 26.9 Å². The van der Waals surface area contributed by atoms with Crippen LogP contribution in [-0.4, -0.2) is 73.6 Å². The SMILES string of the molecule is C[C@H](Nc1nc(N)ncc1-c1cccc(S(=O)(=O)C2CC2)c1)c1cc2cccc(Cl)c2c(=O)n1-c1ccccc1.C[C@H](Nc1nc(N)ncc1Br)c1cc2cccc(Cl)c2c(=O)n1-c1ccccc1.O=S(=O)(c1cccc(B(O)O)c1)C1CC1. The summed E-state index contributed by atoms with van der Waals surface area (Å²) in [4.78, 5) is 44.5. The predicted octanol–water partition coefficient (Wildman–Crippen LogP) is 10.0. The van der Waals surface area contributed by atoms with E-state index in [-0.39, 0.29) is 54.8 Å². The Morgan fingerprint density at radius 1 is 0.583 bits per heavy atom. The molecule has 12 rings (SSSR count). The summed E-state index contributed by atoms with van der Waals surface area (Å²) in [6.45, 7) is 3.87. The first kappa shape index (κ1) is 59.2. The van der Waals surface area contributed by atoms with Crippen molar-refractivity contribution in [1.29, 1.82) is 0 Å². The van der Waals surface area contributed by atoms with E-state index in [1.165, 1.54) is 24.3 Å². The molecule has 0 saturated heterocycles. The van der Waals surface area contributed by atoms with Gasteiger partial charge in [-0.3, -0.25) is 18.7 Å². The lowest BCUT2D eigenvalue weighted by atomic mass is 9.80. The normalized spacial score (nSPS) is 13.9. The molecule has 84 heavy (non-hydrogen) atoms. The van der Waals surface area contributed by atoms with Crippen LogP contribution in [0.15, 0.2) is 194 Å². The van der Waals surface area contributed by atoms with Crippen molar-refractivity contribution in [3.05, 3.63) is 217 Å². The van der Waals surface area contributed by atoms with Crippen molar-refractivity contribution >= 4 is 116 Å². The Labute approximate surface area is 502 Å². The van der Waals surface area contributed by atoms with E-state index in [9.17, 15) is 26.4 Å². The number of nitrogens with zero attached hydrogens (tertiary/aromatic N) is 6. The van der Waals surface area contributed by atoms with E-state index in [0.29, 0.717) is 90.5 Å². The molecule has 8 N–H and O–H groups in total. The first-order chi connectivity index (χ1) is 40.2. The van der Waals surface area contributed by atoms with Crippen molar-refractivity contribution in [2.75, 3.05) is 22.1 Å². The smallest absolute Gasteiger partial charge is 0.423 e. The minimum Gasteiger partial charge on any atom is -0.423 e. The number of pyridine rings is 2. The Morgan fingerprint density at radius 3 is 1.51 bits per heavy atom. The number of hydrogen-bond donors (Lipinski definition) is 6. The first-order valence-electron chi connectivity index (χ1n) is 26.5. The van der Waals surface area contributed by atoms with Gasteiger partial charge in [-0.25, -0.2) is 26.8 Å². The Bertz CT molecular complexity index is 4490. The summed E-state index contributed by atoms with van der Waals surface area (Å²) in [6.07, 6.45) is 5.93. The maximum Gasteiger partial charge on any atom is 0.488 e. The van der Waals surface area contributed by atoms with E-state index < -0.39 is 32.8 Å². The summed E-state index contributed by atoms with van der Waals surface area (Å²) < 4.78 is 53.4. The number of para-hydroxylation sites is 2. The van der Waals surface area contributed by atoms with E-state index >= 15 is 0 Å². The quantitative estimate of drug-likeness (QED) is 0.0552. The highest BCUT2D eigenvalue weighted by molar-refractivity contribution is 9.10. The molecule has 0 bridgehead atoms. The average molecular weight is 1270 g/mol. The zero-order valence-corrected chi connectivity index (χ0v) is 49.7. The molecular weight excluding hydrogens is 1210 g/mol. The summed E-state index contributed by atoms with van der Waals surface area (Å²) in [5.41, 5.74) is 15.6. The largest absolute Gasteiger partial charge is 0.488 e. The number of fused-ring (bicyclic) bond motifs is 2. The van der Waals surface area contributed by atoms with Crippen molar-refractivity contribution in [1.82, 2.24) is 29.1 Å². The number of anilines is 4. The van der Waals surface area contributed by atoms with Gasteiger partial charge < -0.3 is 32.1 Å². The number of nitrogen functional groups attached to an aromatic ring is 2. The molecular formula is C60H54BBrCl2N10O8S2. The first-order valence-corrected chi connectivity index (χ1v) is 31.1. The van der Waals surface area contributed by atoms with Crippen LogP contribution in [0.25, 0.3) is 44.0 Å². The number of nitrogens with two attached hydrogens (primary N) is 2. The molecule has 2 fully saturated rings. The van der Waals surface area contributed by atoms with Gasteiger partial charge in [0.1, 0.15) is 11.6 Å². The number of rotatable bonds is 14. The molecule has 6 aromatic carbocycles. The lowest BCUT2D eigenvalue weighted by molar-refractivity contribution is 0.425. The summed E-state index contributed by atoms with van der Waals surface area (Å²) in [5, 5.41) is 27.2. The molecule has 2 aliphatic rings. The lowest BCUT2D eigenvalue weighted by Crippen LogP contribution is -2.30. The maximum atomic E-state index is 13.8. The van der Waals surface area contributed by atoms with E-state index in [1.54, 1.807) is 51.9 Å². The zero-order valence-electron chi connectivity index (χ0n) is 45.0. The van der Waals surface area contributed by atoms with Crippen LogP contribution in [0, 0.1) is 0 Å². The molecule has 0 radical (unpaired) electrons. The van der Waals surface area contributed by atoms with Crippen molar-refractivity contribution in [3.8, 4) is 22.5 Å². The average Bonchev–Trinajstić information content (AvgIpc) is 1.81. The third-order valence-electron chi connectivity index (χ3n) is 14.1. The molecule has 2 aliphatic carbocycles. The molecule has 0 spiro atoms. The highest BCUT2D eigenvalue weighted by atomic mass is 79.9. The van der Waals surface area contributed by atoms with Crippen LogP contribution in [-0.2, 0) is 19.7 Å². The van der Waals surface area contributed by atoms with Crippen LogP contribution in [0.5, 0.6) is 0 Å². The van der Waals surface area contributed by atoms with Crippen LogP contribution in [0.1, 0.15) is 63.0 Å². The lowest BCUT2D eigenvalue weighted by Gasteiger charge is -2.23. The molecule has 4 heterocycles. The second-order valence-electron chi connectivity index (χ2n) is 20.1. The fourth-order valence-corrected chi connectivity index (χ4v) is 13.8. The van der Waals surface area contributed by atoms with Gasteiger partial charge >= 0.3 is 7.12 Å². The number of halogens is 3. The van der Waals surface area contributed by atoms with Crippen LogP contribution in [0.2, 0.25) is 10.0 Å². The van der Waals surface area contributed by atoms with Crippen LogP contribution < -0.4 is 38.7 Å². The van der Waals surface area contributed by atoms with Crippen molar-refractivity contribution in [3.63, 3.8) is 0 Å². The number of aromatic nitrogens is 6. The van der Waals surface area contributed by atoms with Crippen LogP contribution in [0.3, 0.4) is 0 Å². The Balaban J connectivity index is 0.000000155. The van der Waals surface area contributed by atoms with Gasteiger partial charge in [-0.1, -0.05) is 108 Å². The topological polar surface area (TPSA) is 280 Å². The van der Waals surface area contributed by atoms with Crippen LogP contribution >= 0.6 is 39.1 Å². The molecule has 24 heteroatoms. The van der Waals surface area contributed by atoms with Gasteiger partial charge in [0.15, 0.2) is 19.7 Å². The van der Waals surface area contributed by atoms with Gasteiger partial charge in [0.25, 0.3) is 11.1 Å². The fraction of sp³-hybridized carbons (Fsp3) is 0.167. The highest BCUT2D eigenvalue weighted by Crippen LogP contribution is 2.38. The summed E-state index contributed by atoms with van der Waals surface area (Å²) in [6, 6.07) is 45.4. The van der Waals surface area contributed by atoms with Gasteiger partial charge in [0, 0.05) is 40.7 Å². The minimum absolute atomic E-state index is 0.0611. The molecule has 4 aromatic heterocycles. The third kappa shape index (κ3) is 12.7. The van der Waals surface area contributed by atoms with E-state index in [2.05, 4.69) is 46.5 Å². The number of nitrogens with one attached hydrogen (secondary N) is 2. The molecule has 0 aliphatic heterocycles. The third-order valence-corrected chi connectivity index (χ3v) is 19.9. The Hall–Kier alpha value is -7.96. The fourth-order valence-electron chi connectivity index (χ4n) is 9.59. The summed E-state index contributed by atoms with van der Waals surface area (Å²) >= 11 is 16.2. The second-order valence-corrected chi connectivity index (χ2v) is 26.2. The van der Waals surface area contributed by atoms with Crippen LogP contribution in [0.4, 0.5) is 23.5 Å². The summed E-state index contributed by atoms with van der Waals surface area (Å²) in [5.74, 6) is 1.18. The predicted molar refractivity (Wildman–Crippen MR) is 336 cm³/mol. The highest BCUT2D eigenvalue weighted by Gasteiger charge is 2.38. The number of hydrogen-bond acceptors (Lipinski definition) is 16. The monoisotopic (exact) mass is 1270 g/mol. The molecule has 10 aromatic rings. The Kier molecular flexibility index (Phi) is 17.4. The second kappa shape index (κ2) is 24.7. The standard InChI is InChI=1S/C30H26ClN5O3S.C21H17BrClN5O.C9H11BO4S/c1-18(26-16-20-8-6-12-25(31)27(20)29(37)36(26)21-9-3-2-4-10-21)34-28-24(17-33-30(32)35-28)19-7-5-11-23(15-19)40(38,39)22-13-14-22;1-12(26-19-15(22)11-25-21(24)27-19)17-10-13-6-5-9-16(23)18(13)20(29)28(17)14-7-3-2-4-8-14;11-10(12)7-2-1-3-9(6-7)15(13,14)8-4-5-8/h2-12,15-18,22H,13-14H2,1H3,(H3,32,33,34,35);2-12H,1H3,(H3,24,25,26,27);1-3,6,8,11-12H,4-5H2/t18-;12-;/m00./s1. The molecule has 2 saturated carbocycles.